The van der Waals surface area contributed by atoms with Crippen molar-refractivity contribution in [3.8, 4) is 0 Å². The van der Waals surface area contributed by atoms with E-state index in [0.717, 1.165) is 19.4 Å². The van der Waals surface area contributed by atoms with Gasteiger partial charge < -0.3 is 15.3 Å². The van der Waals surface area contributed by atoms with Gasteiger partial charge in [-0.1, -0.05) is 13.3 Å². The molecule has 3 N–H and O–H groups in total. The summed E-state index contributed by atoms with van der Waals surface area (Å²) in [5, 5.41) is 24.2. The third-order valence-electron chi connectivity index (χ3n) is 1.66. The minimum Gasteiger partial charge on any atom is -0.483 e. The summed E-state index contributed by atoms with van der Waals surface area (Å²) in [6.07, 6.45) is 2.30. The van der Waals surface area contributed by atoms with Crippen molar-refractivity contribution in [2.75, 3.05) is 32.8 Å². The molecule has 0 atom stereocenters. The molecule has 0 aliphatic heterocycles. The molecule has 0 aromatic carbocycles. The average molecular weight is 207 g/mol. The molecule has 0 bridgehead atoms. The molecule has 0 aromatic heterocycles. The Balaban J connectivity index is 0. The molecule has 5 heteroatoms. The van der Waals surface area contributed by atoms with E-state index in [2.05, 4.69) is 11.8 Å². The maximum Gasteiger partial charge on any atom is 0.290 e. The van der Waals surface area contributed by atoms with E-state index < -0.39 is 0 Å². The van der Waals surface area contributed by atoms with E-state index in [1.807, 2.05) is 0 Å². The summed E-state index contributed by atoms with van der Waals surface area (Å²) in [4.78, 5) is 10.4. The highest BCUT2D eigenvalue weighted by Gasteiger charge is 2.00. The number of nitrogens with zero attached hydrogens (tertiary/aromatic N) is 1. The van der Waals surface area contributed by atoms with Crippen molar-refractivity contribution >= 4 is 6.47 Å². The van der Waals surface area contributed by atoms with Crippen LogP contribution < -0.4 is 0 Å². The number of carboxylic acid groups (broad SMARTS) is 1. The highest BCUT2D eigenvalue weighted by molar-refractivity contribution is 5.32. The SMILES string of the molecule is CCCCN(CCO)CCO.O=CO. The number of unbranched alkanes of at least 4 members (excludes halogenated alkanes) is 1. The lowest BCUT2D eigenvalue weighted by molar-refractivity contribution is -0.122. The maximum absolute atomic E-state index is 8.64. The van der Waals surface area contributed by atoms with Crippen LogP contribution in [0.4, 0.5) is 0 Å². The molecule has 14 heavy (non-hydrogen) atoms. The molecule has 0 aliphatic rings. The lowest BCUT2D eigenvalue weighted by Crippen LogP contribution is -2.30. The molecule has 0 spiro atoms. The Morgan fingerprint density at radius 1 is 1.14 bits per heavy atom. The van der Waals surface area contributed by atoms with Crippen LogP contribution in [-0.2, 0) is 4.79 Å². The van der Waals surface area contributed by atoms with Crippen molar-refractivity contribution in [3.05, 3.63) is 0 Å². The van der Waals surface area contributed by atoms with Gasteiger partial charge in [-0.3, -0.25) is 9.69 Å². The molecule has 0 saturated carbocycles. The Morgan fingerprint density at radius 3 is 1.86 bits per heavy atom. The van der Waals surface area contributed by atoms with Gasteiger partial charge in [-0.05, 0) is 13.0 Å². The zero-order valence-corrected chi connectivity index (χ0v) is 8.72. The Kier molecular flexibility index (Phi) is 16.8. The largest absolute Gasteiger partial charge is 0.483 e. The van der Waals surface area contributed by atoms with E-state index in [9.17, 15) is 0 Å². The van der Waals surface area contributed by atoms with Gasteiger partial charge in [0.25, 0.3) is 6.47 Å². The van der Waals surface area contributed by atoms with Gasteiger partial charge in [0.05, 0.1) is 13.2 Å². The van der Waals surface area contributed by atoms with Crippen molar-refractivity contribution in [1.29, 1.82) is 0 Å². The lowest BCUT2D eigenvalue weighted by atomic mass is 10.3. The smallest absolute Gasteiger partial charge is 0.290 e. The molecule has 0 aromatic rings. The summed E-state index contributed by atoms with van der Waals surface area (Å²) in [6.45, 7) is 4.60. The van der Waals surface area contributed by atoms with Crippen molar-refractivity contribution in [2.45, 2.75) is 19.8 Å². The molecular formula is C9H21NO4. The fourth-order valence-electron chi connectivity index (χ4n) is 1.000. The van der Waals surface area contributed by atoms with Crippen LogP contribution in [0.5, 0.6) is 0 Å². The third-order valence-corrected chi connectivity index (χ3v) is 1.66. The Bertz CT molecular complexity index is 105. The normalized spacial score (nSPS) is 9.43. The van der Waals surface area contributed by atoms with Crippen molar-refractivity contribution in [2.24, 2.45) is 0 Å². The second kappa shape index (κ2) is 14.9. The number of hydrogen-bond acceptors (Lipinski definition) is 4. The van der Waals surface area contributed by atoms with Gasteiger partial charge in [-0.15, -0.1) is 0 Å². The summed E-state index contributed by atoms with van der Waals surface area (Å²) < 4.78 is 0. The highest BCUT2D eigenvalue weighted by atomic mass is 16.3. The molecule has 5 nitrogen and oxygen atoms in total. The van der Waals surface area contributed by atoms with E-state index >= 15 is 0 Å². The van der Waals surface area contributed by atoms with Crippen LogP contribution >= 0.6 is 0 Å². The van der Waals surface area contributed by atoms with Gasteiger partial charge in [0, 0.05) is 13.1 Å². The van der Waals surface area contributed by atoms with E-state index in [-0.39, 0.29) is 19.7 Å². The number of carbonyl (C=O) groups is 1. The second-order valence-electron chi connectivity index (χ2n) is 2.75. The fourth-order valence-corrected chi connectivity index (χ4v) is 1.000. The minimum atomic E-state index is -0.250. The van der Waals surface area contributed by atoms with E-state index in [1.54, 1.807) is 0 Å². The lowest BCUT2D eigenvalue weighted by Gasteiger charge is -2.19. The first kappa shape index (κ1) is 15.8. The highest BCUT2D eigenvalue weighted by Crippen LogP contribution is 1.93. The average Bonchev–Trinajstić information content (AvgIpc) is 2.16. The van der Waals surface area contributed by atoms with E-state index in [4.69, 9.17) is 20.1 Å². The molecular weight excluding hydrogens is 186 g/mol. The Labute approximate surface area is 85.0 Å². The summed E-state index contributed by atoms with van der Waals surface area (Å²) in [5.41, 5.74) is 0. The number of rotatable bonds is 7. The first-order chi connectivity index (χ1) is 6.76. The summed E-state index contributed by atoms with van der Waals surface area (Å²) >= 11 is 0. The molecule has 0 aliphatic carbocycles. The number of aliphatic hydroxyl groups excluding tert-OH is 2. The minimum absolute atomic E-state index is 0.184. The fraction of sp³-hybridized carbons (Fsp3) is 0.889. The zero-order chi connectivity index (χ0) is 11.2. The first-order valence-corrected chi connectivity index (χ1v) is 4.78. The Hall–Kier alpha value is -0.650. The summed E-state index contributed by atoms with van der Waals surface area (Å²) in [7, 11) is 0. The quantitative estimate of drug-likeness (QED) is 0.503. The predicted molar refractivity (Wildman–Crippen MR) is 54.2 cm³/mol. The molecule has 0 fully saturated rings. The number of hydrogen-bond donors (Lipinski definition) is 3. The molecule has 86 valence electrons. The van der Waals surface area contributed by atoms with Crippen LogP contribution in [0.15, 0.2) is 0 Å². The van der Waals surface area contributed by atoms with Gasteiger partial charge >= 0.3 is 0 Å². The van der Waals surface area contributed by atoms with Crippen LogP contribution in [0.1, 0.15) is 19.8 Å². The van der Waals surface area contributed by atoms with Crippen molar-refractivity contribution in [1.82, 2.24) is 4.90 Å². The maximum atomic E-state index is 8.64. The molecule has 0 saturated heterocycles. The van der Waals surface area contributed by atoms with Crippen LogP contribution in [0.2, 0.25) is 0 Å². The molecule has 0 amide bonds. The van der Waals surface area contributed by atoms with Crippen LogP contribution in [0, 0.1) is 0 Å². The summed E-state index contributed by atoms with van der Waals surface area (Å²) in [6, 6.07) is 0. The third kappa shape index (κ3) is 13.9. The topological polar surface area (TPSA) is 81.0 Å². The van der Waals surface area contributed by atoms with E-state index in [0.29, 0.717) is 13.1 Å². The monoisotopic (exact) mass is 207 g/mol. The molecule has 0 radical (unpaired) electrons. The zero-order valence-electron chi connectivity index (χ0n) is 8.72. The molecule has 0 rings (SSSR count). The molecule has 0 heterocycles. The van der Waals surface area contributed by atoms with Crippen molar-refractivity contribution < 1.29 is 20.1 Å². The van der Waals surface area contributed by atoms with Crippen LogP contribution in [0.25, 0.3) is 0 Å². The van der Waals surface area contributed by atoms with E-state index in [1.165, 1.54) is 0 Å². The predicted octanol–water partition coefficient (Wildman–Crippen LogP) is -0.226. The van der Waals surface area contributed by atoms with Crippen LogP contribution in [0.3, 0.4) is 0 Å². The van der Waals surface area contributed by atoms with Gasteiger partial charge in [0.2, 0.25) is 0 Å². The second-order valence-corrected chi connectivity index (χ2v) is 2.75. The van der Waals surface area contributed by atoms with Gasteiger partial charge in [-0.25, -0.2) is 0 Å². The van der Waals surface area contributed by atoms with Gasteiger partial charge in [0.15, 0.2) is 0 Å². The number of aliphatic hydroxyl groups is 2. The van der Waals surface area contributed by atoms with Crippen molar-refractivity contribution in [3.63, 3.8) is 0 Å². The van der Waals surface area contributed by atoms with Gasteiger partial charge in [-0.2, -0.15) is 0 Å². The standard InChI is InChI=1S/C8H19NO2.CH2O2/c1-2-3-4-9(5-7-10)6-8-11;2-1-3/h10-11H,2-8H2,1H3;1H,(H,2,3). The van der Waals surface area contributed by atoms with Crippen LogP contribution in [-0.4, -0.2) is 59.5 Å². The Morgan fingerprint density at radius 2 is 1.57 bits per heavy atom. The summed E-state index contributed by atoms with van der Waals surface area (Å²) in [5.74, 6) is 0. The first-order valence-electron chi connectivity index (χ1n) is 4.78. The van der Waals surface area contributed by atoms with Gasteiger partial charge in [0.1, 0.15) is 0 Å². The molecule has 0 unspecified atom stereocenters.